The third kappa shape index (κ3) is 1.36. The molecule has 0 radical (unpaired) electrons. The summed E-state index contributed by atoms with van der Waals surface area (Å²) in [6, 6.07) is 0.223. The summed E-state index contributed by atoms with van der Waals surface area (Å²) in [6.45, 7) is 3.48. The quantitative estimate of drug-likeness (QED) is 0.543. The molecule has 1 saturated carbocycles. The monoisotopic (exact) mass is 171 g/mol. The maximum absolute atomic E-state index is 10.6. The molecule has 0 aromatic carbocycles. The zero-order chi connectivity index (χ0) is 8.55. The first-order chi connectivity index (χ1) is 5.79. The first-order valence-electron chi connectivity index (χ1n) is 4.06. The average molecular weight is 171 g/mol. The normalized spacial score (nSPS) is 42.6. The number of aliphatic imine (C=N–C) groups is 1. The van der Waals surface area contributed by atoms with E-state index >= 15 is 0 Å². The molecule has 3 unspecified atom stereocenters. The van der Waals surface area contributed by atoms with Gasteiger partial charge >= 0.3 is 0 Å². The molecule has 2 aliphatic rings. The largest absolute Gasteiger partial charge is 0.738 e. The van der Waals surface area contributed by atoms with Crippen molar-refractivity contribution in [1.82, 2.24) is 5.39 Å². The van der Waals surface area contributed by atoms with Crippen LogP contribution in [0.25, 0.3) is 0 Å². The molecule has 5 heteroatoms. The van der Waals surface area contributed by atoms with Crippen LogP contribution in [0.5, 0.6) is 0 Å². The number of nitrogens with zero attached hydrogens (tertiary/aromatic N) is 2. The molecule has 2 rings (SSSR count). The lowest BCUT2D eigenvalue weighted by Crippen LogP contribution is -2.32. The van der Waals surface area contributed by atoms with Crippen molar-refractivity contribution < 1.29 is 9.68 Å². The molecule has 1 saturated heterocycles. The Balaban J connectivity index is 1.97. The van der Waals surface area contributed by atoms with Crippen LogP contribution in [-0.4, -0.2) is 30.4 Å². The highest BCUT2D eigenvalue weighted by Crippen LogP contribution is 2.31. The minimum atomic E-state index is -0.119. The molecular weight excluding hydrogens is 160 g/mol. The molecule has 1 aliphatic heterocycles. The minimum absolute atomic E-state index is 0.0690. The van der Waals surface area contributed by atoms with Gasteiger partial charge in [0.2, 0.25) is 0 Å². The van der Waals surface area contributed by atoms with Gasteiger partial charge in [-0.05, 0) is 19.6 Å². The molecule has 12 heavy (non-hydrogen) atoms. The second-order valence-electron chi connectivity index (χ2n) is 3.16. The molecule has 3 atom stereocenters. The Morgan fingerprint density at radius 3 is 2.83 bits per heavy atom. The molecule has 0 aromatic rings. The van der Waals surface area contributed by atoms with Gasteiger partial charge in [0.15, 0.2) is 0 Å². The van der Waals surface area contributed by atoms with E-state index in [-0.39, 0.29) is 23.6 Å². The topological polar surface area (TPSA) is 57.1 Å². The van der Waals surface area contributed by atoms with E-state index in [1.54, 1.807) is 0 Å². The lowest BCUT2D eigenvalue weighted by molar-refractivity contribution is -0.277. The summed E-state index contributed by atoms with van der Waals surface area (Å²) in [5, 5.41) is 10.8. The lowest BCUT2D eigenvalue weighted by atomic mass is 9.91. The van der Waals surface area contributed by atoms with Crippen molar-refractivity contribution in [3.63, 3.8) is 0 Å². The highest BCUT2D eigenvalue weighted by atomic mass is 17.1. The predicted molar refractivity (Wildman–Crippen MR) is 42.1 cm³/mol. The van der Waals surface area contributed by atoms with E-state index in [4.69, 9.17) is 9.68 Å². The van der Waals surface area contributed by atoms with Gasteiger partial charge in [0.25, 0.3) is 0 Å². The maximum atomic E-state index is 10.6. The molecule has 2 fully saturated rings. The predicted octanol–water partition coefficient (Wildman–Crippen LogP) is 0.653. The highest BCUT2D eigenvalue weighted by molar-refractivity contribution is 5.24. The van der Waals surface area contributed by atoms with Gasteiger partial charge in [-0.2, -0.15) is 0 Å². The third-order valence-electron chi connectivity index (χ3n) is 2.40. The van der Waals surface area contributed by atoms with Crippen LogP contribution in [0.2, 0.25) is 0 Å². The summed E-state index contributed by atoms with van der Waals surface area (Å²) >= 11 is 0. The van der Waals surface area contributed by atoms with Gasteiger partial charge in [0.1, 0.15) is 12.2 Å². The van der Waals surface area contributed by atoms with Crippen molar-refractivity contribution in [2.75, 3.05) is 0 Å². The zero-order valence-electron chi connectivity index (χ0n) is 6.68. The second kappa shape index (κ2) is 3.10. The van der Waals surface area contributed by atoms with Crippen LogP contribution >= 0.6 is 0 Å². The summed E-state index contributed by atoms with van der Waals surface area (Å²) in [7, 11) is 0. The van der Waals surface area contributed by atoms with Crippen LogP contribution in [0.1, 0.15) is 19.3 Å². The summed E-state index contributed by atoms with van der Waals surface area (Å²) in [6.07, 6.45) is 2.31. The average Bonchev–Trinajstić information content (AvgIpc) is 2.43. The Labute approximate surface area is 70.5 Å². The van der Waals surface area contributed by atoms with Gasteiger partial charge in [-0.3, -0.25) is 14.7 Å². The summed E-state index contributed by atoms with van der Waals surface area (Å²) in [4.78, 5) is 13.6. The Morgan fingerprint density at radius 2 is 2.08 bits per heavy atom. The second-order valence-corrected chi connectivity index (χ2v) is 3.16. The van der Waals surface area contributed by atoms with Crippen LogP contribution < -0.4 is 0 Å². The van der Waals surface area contributed by atoms with Crippen LogP contribution in [0.4, 0.5) is 0 Å². The Bertz CT molecular complexity index is 187. The zero-order valence-corrected chi connectivity index (χ0v) is 6.68. The lowest BCUT2D eigenvalue weighted by Gasteiger charge is -2.25. The van der Waals surface area contributed by atoms with E-state index in [1.807, 2.05) is 0 Å². The van der Waals surface area contributed by atoms with Gasteiger partial charge < -0.3 is 5.21 Å². The molecule has 5 nitrogen and oxygen atoms in total. The van der Waals surface area contributed by atoms with Crippen molar-refractivity contribution in [3.05, 3.63) is 5.21 Å². The van der Waals surface area contributed by atoms with E-state index in [2.05, 4.69) is 11.7 Å². The number of hydrogen-bond donors (Lipinski definition) is 0. The Kier molecular flexibility index (Phi) is 2.10. The van der Waals surface area contributed by atoms with Crippen LogP contribution in [0.3, 0.4) is 0 Å². The third-order valence-corrected chi connectivity index (χ3v) is 2.40. The van der Waals surface area contributed by atoms with Gasteiger partial charge in [-0.15, -0.1) is 5.39 Å². The summed E-state index contributed by atoms with van der Waals surface area (Å²) in [5.74, 6) is 0. The van der Waals surface area contributed by atoms with Crippen LogP contribution in [-0.2, 0) is 9.68 Å². The Hall–Kier alpha value is -0.490. The van der Waals surface area contributed by atoms with Gasteiger partial charge in [-0.1, -0.05) is 0 Å². The van der Waals surface area contributed by atoms with Gasteiger partial charge in [0, 0.05) is 6.42 Å². The minimum Gasteiger partial charge on any atom is -0.738 e. The smallest absolute Gasteiger partial charge is 0.111 e. The van der Waals surface area contributed by atoms with Crippen molar-refractivity contribution in [2.24, 2.45) is 4.99 Å². The van der Waals surface area contributed by atoms with Crippen molar-refractivity contribution in [3.8, 4) is 0 Å². The standard InChI is InChI=1S/C7H11N2O3/c1-8-5-2-3-6-7(4-5)12-9(10)11-6/h5-7H,1-4H2/q-1. The molecule has 0 aromatic heterocycles. The van der Waals surface area contributed by atoms with Crippen LogP contribution in [0.15, 0.2) is 4.99 Å². The van der Waals surface area contributed by atoms with E-state index in [9.17, 15) is 5.21 Å². The molecule has 68 valence electrons. The van der Waals surface area contributed by atoms with Crippen molar-refractivity contribution in [1.29, 1.82) is 0 Å². The number of rotatable bonds is 1. The molecule has 1 aliphatic carbocycles. The van der Waals surface area contributed by atoms with Crippen LogP contribution in [0, 0.1) is 5.21 Å². The summed E-state index contributed by atoms with van der Waals surface area (Å²) in [5.41, 5.74) is 0. The SMILES string of the molecule is C=NC1CCC2ON([O-])OC2C1. The maximum Gasteiger partial charge on any atom is 0.111 e. The molecule has 0 N–H and O–H groups in total. The van der Waals surface area contributed by atoms with Gasteiger partial charge in [0.05, 0.1) is 6.04 Å². The number of fused-ring (bicyclic) bond motifs is 1. The fourth-order valence-corrected chi connectivity index (χ4v) is 1.72. The molecule has 0 spiro atoms. The first-order valence-corrected chi connectivity index (χ1v) is 4.06. The number of hydrogen-bond acceptors (Lipinski definition) is 5. The molecule has 0 amide bonds. The molecule has 1 heterocycles. The fourth-order valence-electron chi connectivity index (χ4n) is 1.72. The molecular formula is C7H11N2O3-. The van der Waals surface area contributed by atoms with Crippen molar-refractivity contribution >= 4 is 6.72 Å². The first kappa shape index (κ1) is 8.12. The van der Waals surface area contributed by atoms with E-state index in [0.717, 1.165) is 19.3 Å². The fraction of sp³-hybridized carbons (Fsp3) is 0.857. The summed E-state index contributed by atoms with van der Waals surface area (Å²) < 4.78 is 0. The van der Waals surface area contributed by atoms with E-state index < -0.39 is 0 Å². The Morgan fingerprint density at radius 1 is 1.33 bits per heavy atom. The molecule has 0 bridgehead atoms. The van der Waals surface area contributed by atoms with E-state index in [1.165, 1.54) is 0 Å². The van der Waals surface area contributed by atoms with Gasteiger partial charge in [-0.25, -0.2) is 0 Å². The highest BCUT2D eigenvalue weighted by Gasteiger charge is 2.37. The van der Waals surface area contributed by atoms with E-state index in [0.29, 0.717) is 0 Å². The van der Waals surface area contributed by atoms with Crippen molar-refractivity contribution in [2.45, 2.75) is 37.5 Å².